The van der Waals surface area contributed by atoms with E-state index in [0.717, 1.165) is 15.9 Å². The summed E-state index contributed by atoms with van der Waals surface area (Å²) in [7, 11) is 1.64. The first-order valence-corrected chi connectivity index (χ1v) is 8.28. The van der Waals surface area contributed by atoms with Crippen LogP contribution in [0, 0.1) is 13.8 Å². The second-order valence-corrected chi connectivity index (χ2v) is 6.14. The number of hydrogen-bond donors (Lipinski definition) is 1. The quantitative estimate of drug-likeness (QED) is 0.781. The van der Waals surface area contributed by atoms with Gasteiger partial charge in [-0.2, -0.15) is 10.2 Å². The topological polar surface area (TPSA) is 91.0 Å². The standard InChI is InChI=1S/C15H20BrN5O3/c1-6-24-15(23)11-7-17-20(5)13(11)18-14(22)10(4)21-9(3)12(16)8(2)19-21/h7,10H,6H2,1-5H3,(H,18,22). The second-order valence-electron chi connectivity index (χ2n) is 5.35. The zero-order valence-corrected chi connectivity index (χ0v) is 15.8. The van der Waals surface area contributed by atoms with Crippen LogP contribution >= 0.6 is 15.9 Å². The van der Waals surface area contributed by atoms with Crippen molar-refractivity contribution >= 4 is 33.6 Å². The van der Waals surface area contributed by atoms with E-state index >= 15 is 0 Å². The normalized spacial score (nSPS) is 12.1. The maximum atomic E-state index is 12.6. The van der Waals surface area contributed by atoms with Crippen molar-refractivity contribution in [2.45, 2.75) is 33.7 Å². The summed E-state index contributed by atoms with van der Waals surface area (Å²) in [6, 6.07) is -0.556. The van der Waals surface area contributed by atoms with E-state index in [9.17, 15) is 9.59 Å². The Hall–Kier alpha value is -2.16. The zero-order valence-electron chi connectivity index (χ0n) is 14.3. The molecule has 0 radical (unpaired) electrons. The van der Waals surface area contributed by atoms with Gasteiger partial charge in [-0.15, -0.1) is 0 Å². The van der Waals surface area contributed by atoms with Crippen LogP contribution < -0.4 is 5.32 Å². The minimum Gasteiger partial charge on any atom is -0.462 e. The summed E-state index contributed by atoms with van der Waals surface area (Å²) in [4.78, 5) is 24.5. The van der Waals surface area contributed by atoms with E-state index in [4.69, 9.17) is 4.74 Å². The highest BCUT2D eigenvalue weighted by molar-refractivity contribution is 9.10. The van der Waals surface area contributed by atoms with Gasteiger partial charge in [0.05, 0.1) is 28.7 Å². The number of hydrogen-bond acceptors (Lipinski definition) is 5. The van der Waals surface area contributed by atoms with Crippen molar-refractivity contribution in [3.05, 3.63) is 27.6 Å². The molecular formula is C15H20BrN5O3. The molecule has 0 aromatic carbocycles. The maximum Gasteiger partial charge on any atom is 0.343 e. The maximum absolute atomic E-state index is 12.6. The van der Waals surface area contributed by atoms with Crippen molar-refractivity contribution in [2.75, 3.05) is 11.9 Å². The van der Waals surface area contributed by atoms with Crippen LogP contribution in [0.1, 0.15) is 41.6 Å². The molecule has 9 heteroatoms. The zero-order chi connectivity index (χ0) is 18.0. The first kappa shape index (κ1) is 18.2. The molecule has 1 amide bonds. The molecule has 0 bridgehead atoms. The van der Waals surface area contributed by atoms with Crippen LogP contribution in [0.15, 0.2) is 10.7 Å². The fourth-order valence-corrected chi connectivity index (χ4v) is 2.56. The molecule has 1 unspecified atom stereocenters. The lowest BCUT2D eigenvalue weighted by molar-refractivity contribution is -0.119. The lowest BCUT2D eigenvalue weighted by Crippen LogP contribution is -2.27. The number of aryl methyl sites for hydroxylation is 2. The highest BCUT2D eigenvalue weighted by atomic mass is 79.9. The van der Waals surface area contributed by atoms with Crippen LogP contribution in [0.4, 0.5) is 5.82 Å². The molecule has 0 spiro atoms. The monoisotopic (exact) mass is 397 g/mol. The van der Waals surface area contributed by atoms with Gasteiger partial charge >= 0.3 is 5.97 Å². The number of ether oxygens (including phenoxy) is 1. The van der Waals surface area contributed by atoms with E-state index in [0.29, 0.717) is 5.82 Å². The highest BCUT2D eigenvalue weighted by Gasteiger charge is 2.24. The lowest BCUT2D eigenvalue weighted by Gasteiger charge is -2.15. The molecule has 0 saturated heterocycles. The molecule has 2 heterocycles. The van der Waals surface area contributed by atoms with E-state index in [1.165, 1.54) is 10.9 Å². The minimum atomic E-state index is -0.556. The Morgan fingerprint density at radius 1 is 1.42 bits per heavy atom. The van der Waals surface area contributed by atoms with Gasteiger partial charge in [0.1, 0.15) is 17.4 Å². The fourth-order valence-electron chi connectivity index (χ4n) is 2.30. The number of rotatable bonds is 5. The van der Waals surface area contributed by atoms with Gasteiger partial charge in [-0.1, -0.05) is 0 Å². The van der Waals surface area contributed by atoms with Crippen molar-refractivity contribution in [3.63, 3.8) is 0 Å². The van der Waals surface area contributed by atoms with Crippen molar-refractivity contribution in [1.82, 2.24) is 19.6 Å². The summed E-state index contributed by atoms with van der Waals surface area (Å²) in [6.45, 7) is 7.44. The van der Waals surface area contributed by atoms with Gasteiger partial charge in [-0.05, 0) is 43.6 Å². The number of amides is 1. The average molecular weight is 398 g/mol. The molecular weight excluding hydrogens is 378 g/mol. The van der Waals surface area contributed by atoms with Crippen LogP contribution in [-0.2, 0) is 16.6 Å². The number of esters is 1. The van der Waals surface area contributed by atoms with Crippen molar-refractivity contribution in [1.29, 1.82) is 0 Å². The third-order valence-corrected chi connectivity index (χ3v) is 4.81. The van der Waals surface area contributed by atoms with Crippen LogP contribution in [0.3, 0.4) is 0 Å². The molecule has 2 rings (SSSR count). The van der Waals surface area contributed by atoms with Gasteiger partial charge < -0.3 is 10.1 Å². The summed E-state index contributed by atoms with van der Waals surface area (Å²) in [5.41, 5.74) is 1.88. The largest absolute Gasteiger partial charge is 0.462 e. The Kier molecular flexibility index (Phi) is 5.43. The molecule has 0 aliphatic heterocycles. The molecule has 1 atom stereocenters. The fraction of sp³-hybridized carbons (Fsp3) is 0.467. The van der Waals surface area contributed by atoms with Crippen molar-refractivity contribution in [2.24, 2.45) is 7.05 Å². The van der Waals surface area contributed by atoms with Crippen molar-refractivity contribution in [3.8, 4) is 0 Å². The van der Waals surface area contributed by atoms with Gasteiger partial charge in [0, 0.05) is 7.05 Å². The number of aromatic nitrogens is 4. The molecule has 24 heavy (non-hydrogen) atoms. The van der Waals surface area contributed by atoms with Gasteiger partial charge in [0.15, 0.2) is 0 Å². The molecule has 0 fully saturated rings. The third-order valence-electron chi connectivity index (χ3n) is 3.66. The summed E-state index contributed by atoms with van der Waals surface area (Å²) >= 11 is 3.45. The Labute approximate surface area is 148 Å². The summed E-state index contributed by atoms with van der Waals surface area (Å²) in [5.74, 6) is -0.532. The van der Waals surface area contributed by atoms with Gasteiger partial charge in [-0.3, -0.25) is 14.2 Å². The number of nitrogens with one attached hydrogen (secondary N) is 1. The number of anilines is 1. The van der Waals surface area contributed by atoms with Gasteiger partial charge in [-0.25, -0.2) is 4.79 Å². The molecule has 2 aromatic rings. The lowest BCUT2D eigenvalue weighted by atomic mass is 10.2. The van der Waals surface area contributed by atoms with Crippen LogP contribution in [0.5, 0.6) is 0 Å². The van der Waals surface area contributed by atoms with E-state index < -0.39 is 12.0 Å². The summed E-state index contributed by atoms with van der Waals surface area (Å²) in [6.07, 6.45) is 1.37. The average Bonchev–Trinajstić information content (AvgIpc) is 3.02. The Balaban J connectivity index is 2.25. The first-order chi connectivity index (χ1) is 11.3. The second kappa shape index (κ2) is 7.16. The number of carbonyl (C=O) groups excluding carboxylic acids is 2. The van der Waals surface area contributed by atoms with E-state index in [1.807, 2.05) is 13.8 Å². The van der Waals surface area contributed by atoms with Crippen LogP contribution in [0.2, 0.25) is 0 Å². The molecule has 2 aromatic heterocycles. The highest BCUT2D eigenvalue weighted by Crippen LogP contribution is 2.24. The molecule has 130 valence electrons. The first-order valence-electron chi connectivity index (χ1n) is 7.49. The van der Waals surface area contributed by atoms with E-state index in [1.54, 1.807) is 25.6 Å². The molecule has 8 nitrogen and oxygen atoms in total. The number of carbonyl (C=O) groups is 2. The summed E-state index contributed by atoms with van der Waals surface area (Å²) < 4.78 is 8.91. The van der Waals surface area contributed by atoms with Gasteiger partial charge in [0.2, 0.25) is 5.91 Å². The SMILES string of the molecule is CCOC(=O)c1cnn(C)c1NC(=O)C(C)n1nc(C)c(Br)c1C. The van der Waals surface area contributed by atoms with Crippen LogP contribution in [0.25, 0.3) is 0 Å². The van der Waals surface area contributed by atoms with Crippen molar-refractivity contribution < 1.29 is 14.3 Å². The van der Waals surface area contributed by atoms with E-state index in [-0.39, 0.29) is 18.1 Å². The predicted molar refractivity (Wildman–Crippen MR) is 91.9 cm³/mol. The third kappa shape index (κ3) is 3.35. The smallest absolute Gasteiger partial charge is 0.343 e. The Bertz CT molecular complexity index is 780. The number of nitrogens with zero attached hydrogens (tertiary/aromatic N) is 4. The Morgan fingerprint density at radius 2 is 2.08 bits per heavy atom. The molecule has 0 saturated carbocycles. The van der Waals surface area contributed by atoms with Crippen LogP contribution in [-0.4, -0.2) is 38.0 Å². The van der Waals surface area contributed by atoms with Gasteiger partial charge in [0.25, 0.3) is 0 Å². The minimum absolute atomic E-state index is 0.217. The molecule has 0 aliphatic carbocycles. The predicted octanol–water partition coefficient (Wildman–Crippen LogP) is 2.37. The summed E-state index contributed by atoms with van der Waals surface area (Å²) in [5, 5.41) is 11.1. The number of halogens is 1. The Morgan fingerprint density at radius 3 is 2.62 bits per heavy atom. The molecule has 0 aliphatic rings. The van der Waals surface area contributed by atoms with E-state index in [2.05, 4.69) is 31.4 Å². The molecule has 1 N–H and O–H groups in total.